The minimum Gasteiger partial charge on any atom is -0.474 e. The van der Waals surface area contributed by atoms with Crippen LogP contribution < -0.4 is 15.6 Å². The lowest BCUT2D eigenvalue weighted by atomic mass is 9.88. The monoisotopic (exact) mass is 405 g/mol. The molecule has 0 radical (unpaired) electrons. The molecule has 2 aromatic rings. The molecule has 2 aromatic heterocycles. The second kappa shape index (κ2) is 9.13. The maximum absolute atomic E-state index is 6.03. The van der Waals surface area contributed by atoms with Gasteiger partial charge in [-0.05, 0) is 50.7 Å². The molecular weight excluding hydrogens is 374 g/mol. The molecule has 2 saturated carbocycles. The van der Waals surface area contributed by atoms with Crippen LogP contribution in [0.25, 0.3) is 11.3 Å². The Bertz CT molecular complexity index is 852. The van der Waals surface area contributed by atoms with Gasteiger partial charge in [0.15, 0.2) is 0 Å². The van der Waals surface area contributed by atoms with E-state index >= 15 is 0 Å². The molecule has 0 bridgehead atoms. The summed E-state index contributed by atoms with van der Waals surface area (Å²) < 4.78 is 6.03. The summed E-state index contributed by atoms with van der Waals surface area (Å²) in [6, 6.07) is 8.15. The van der Waals surface area contributed by atoms with Crippen LogP contribution in [0.3, 0.4) is 0 Å². The van der Waals surface area contributed by atoms with Crippen molar-refractivity contribution in [2.24, 2.45) is 10.9 Å². The van der Waals surface area contributed by atoms with Gasteiger partial charge in [-0.2, -0.15) is 0 Å². The highest BCUT2D eigenvalue weighted by atomic mass is 16.5. The van der Waals surface area contributed by atoms with Gasteiger partial charge in [0.1, 0.15) is 18.1 Å². The third-order valence-electron chi connectivity index (χ3n) is 6.57. The van der Waals surface area contributed by atoms with Crippen LogP contribution >= 0.6 is 0 Å². The van der Waals surface area contributed by atoms with E-state index < -0.39 is 0 Å². The van der Waals surface area contributed by atoms with Gasteiger partial charge in [0.25, 0.3) is 0 Å². The first kappa shape index (κ1) is 19.5. The Balaban J connectivity index is 1.22. The molecule has 2 N–H and O–H groups in total. The number of nitrogens with zero attached hydrogens (tertiary/aromatic N) is 3. The molecule has 1 unspecified atom stereocenters. The highest BCUT2D eigenvalue weighted by Crippen LogP contribution is 2.28. The summed E-state index contributed by atoms with van der Waals surface area (Å²) in [4.78, 5) is 14.0. The van der Waals surface area contributed by atoms with E-state index in [1.165, 1.54) is 51.4 Å². The van der Waals surface area contributed by atoms with Crippen molar-refractivity contribution in [3.63, 3.8) is 0 Å². The van der Waals surface area contributed by atoms with Crippen LogP contribution in [0.1, 0.15) is 75.9 Å². The van der Waals surface area contributed by atoms with E-state index in [-0.39, 0.29) is 6.17 Å². The average molecular weight is 406 g/mol. The first-order valence-electron chi connectivity index (χ1n) is 11.5. The third kappa shape index (κ3) is 4.48. The number of ether oxygens (including phenoxy) is 1. The van der Waals surface area contributed by atoms with Gasteiger partial charge in [-0.15, -0.1) is 0 Å². The quantitative estimate of drug-likeness (QED) is 0.737. The van der Waals surface area contributed by atoms with Gasteiger partial charge >= 0.3 is 0 Å². The van der Waals surface area contributed by atoms with E-state index in [4.69, 9.17) is 9.73 Å². The first-order chi connectivity index (χ1) is 14.8. The van der Waals surface area contributed by atoms with E-state index in [0.29, 0.717) is 17.9 Å². The number of hydrogen-bond donors (Lipinski definition) is 2. The van der Waals surface area contributed by atoms with Crippen molar-refractivity contribution in [1.29, 1.82) is 0 Å². The third-order valence-corrected chi connectivity index (χ3v) is 6.57. The van der Waals surface area contributed by atoms with E-state index in [1.807, 2.05) is 30.6 Å². The first-order valence-corrected chi connectivity index (χ1v) is 11.5. The Labute approximate surface area is 178 Å². The van der Waals surface area contributed by atoms with Crippen molar-refractivity contribution < 1.29 is 4.74 Å². The molecule has 1 aliphatic heterocycles. The Morgan fingerprint density at radius 3 is 2.30 bits per heavy atom. The van der Waals surface area contributed by atoms with Crippen molar-refractivity contribution in [1.82, 2.24) is 20.8 Å². The van der Waals surface area contributed by atoms with E-state index in [2.05, 4.69) is 26.9 Å². The molecule has 3 heterocycles. The number of nitrogens with one attached hydrogen (secondary N) is 2. The van der Waals surface area contributed by atoms with Crippen LogP contribution in [0.5, 0.6) is 5.88 Å². The van der Waals surface area contributed by atoms with E-state index in [9.17, 15) is 0 Å². The summed E-state index contributed by atoms with van der Waals surface area (Å²) in [5.74, 6) is 2.40. The van der Waals surface area contributed by atoms with E-state index in [1.54, 1.807) is 0 Å². The molecular formula is C24H31N5O. The lowest BCUT2D eigenvalue weighted by Gasteiger charge is -2.22. The maximum atomic E-state index is 6.03. The predicted octanol–water partition coefficient (Wildman–Crippen LogP) is 4.94. The highest BCUT2D eigenvalue weighted by molar-refractivity contribution is 5.85. The van der Waals surface area contributed by atoms with Gasteiger partial charge < -0.3 is 10.2 Å². The fraction of sp³-hybridized carbons (Fsp3) is 0.542. The molecule has 0 spiro atoms. The molecule has 6 nitrogen and oxygen atoms in total. The number of rotatable bonds is 5. The minimum absolute atomic E-state index is 0.0622. The fourth-order valence-electron chi connectivity index (χ4n) is 4.78. The second-order valence-corrected chi connectivity index (χ2v) is 8.76. The molecule has 30 heavy (non-hydrogen) atoms. The predicted molar refractivity (Wildman–Crippen MR) is 118 cm³/mol. The largest absolute Gasteiger partial charge is 0.474 e. The van der Waals surface area contributed by atoms with Crippen LogP contribution in [0.15, 0.2) is 41.7 Å². The molecule has 158 valence electrons. The maximum Gasteiger partial charge on any atom is 0.213 e. The Morgan fingerprint density at radius 1 is 0.800 bits per heavy atom. The second-order valence-electron chi connectivity index (χ2n) is 8.76. The minimum atomic E-state index is -0.0622. The van der Waals surface area contributed by atoms with E-state index in [0.717, 1.165) is 35.5 Å². The number of amidine groups is 1. The number of hydrazine groups is 1. The van der Waals surface area contributed by atoms with Gasteiger partial charge in [-0.25, -0.2) is 15.4 Å². The molecule has 2 fully saturated rings. The zero-order valence-electron chi connectivity index (χ0n) is 17.5. The lowest BCUT2D eigenvalue weighted by molar-refractivity contribution is 0.148. The molecule has 5 rings (SSSR count). The normalized spacial score (nSPS) is 23.1. The number of aliphatic imine (C=N–C) groups is 1. The van der Waals surface area contributed by atoms with Crippen LogP contribution in [-0.2, 0) is 0 Å². The van der Waals surface area contributed by atoms with Crippen molar-refractivity contribution in [3.8, 4) is 17.1 Å². The fourth-order valence-corrected chi connectivity index (χ4v) is 4.78. The number of aromatic nitrogens is 2. The molecule has 2 aliphatic carbocycles. The van der Waals surface area contributed by atoms with Crippen molar-refractivity contribution >= 4 is 5.84 Å². The summed E-state index contributed by atoms with van der Waals surface area (Å²) in [6.07, 6.45) is 16.6. The van der Waals surface area contributed by atoms with Gasteiger partial charge in [0.05, 0.1) is 5.69 Å². The van der Waals surface area contributed by atoms with Crippen molar-refractivity contribution in [2.75, 3.05) is 0 Å². The van der Waals surface area contributed by atoms with Gasteiger partial charge in [0.2, 0.25) is 5.88 Å². The smallest absolute Gasteiger partial charge is 0.213 e. The topological polar surface area (TPSA) is 71.4 Å². The van der Waals surface area contributed by atoms with Gasteiger partial charge in [0, 0.05) is 35.5 Å². The number of pyridine rings is 2. The zero-order valence-corrected chi connectivity index (χ0v) is 17.5. The van der Waals surface area contributed by atoms with Crippen molar-refractivity contribution in [2.45, 2.75) is 76.5 Å². The molecule has 1 atom stereocenters. The Morgan fingerprint density at radius 2 is 1.60 bits per heavy atom. The molecule has 0 aromatic carbocycles. The summed E-state index contributed by atoms with van der Waals surface area (Å²) in [5, 5.41) is 0. The molecule has 0 amide bonds. The SMILES string of the molecule is c1cc(OC2CCCCC2)ncc1-c1ccc(C2N=C(C3CCCCC3)NN2)cn1. The standard InChI is InChI=1S/C24H31N5O/c1-3-7-17(8-4-1)23-27-24(29-28-23)19-11-13-21(25-16-19)18-12-14-22(26-15-18)30-20-9-5-2-6-10-20/h11-17,20,24,29H,1-10H2,(H,27,28). The molecule has 0 saturated heterocycles. The zero-order chi connectivity index (χ0) is 20.2. The lowest BCUT2D eigenvalue weighted by Crippen LogP contribution is -2.36. The summed E-state index contributed by atoms with van der Waals surface area (Å²) in [5.41, 5.74) is 9.60. The molecule has 6 heteroatoms. The summed E-state index contributed by atoms with van der Waals surface area (Å²) in [7, 11) is 0. The highest BCUT2D eigenvalue weighted by Gasteiger charge is 2.26. The Hall–Kier alpha value is -2.47. The van der Waals surface area contributed by atoms with Gasteiger partial charge in [-0.1, -0.05) is 31.7 Å². The average Bonchev–Trinajstić information content (AvgIpc) is 3.32. The number of hydrogen-bond acceptors (Lipinski definition) is 6. The van der Waals surface area contributed by atoms with Crippen LogP contribution in [0.4, 0.5) is 0 Å². The van der Waals surface area contributed by atoms with Crippen LogP contribution in [-0.4, -0.2) is 21.9 Å². The summed E-state index contributed by atoms with van der Waals surface area (Å²) in [6.45, 7) is 0. The summed E-state index contributed by atoms with van der Waals surface area (Å²) >= 11 is 0. The molecule has 3 aliphatic rings. The van der Waals surface area contributed by atoms with Crippen molar-refractivity contribution in [3.05, 3.63) is 42.2 Å². The Kier molecular flexibility index (Phi) is 5.93. The van der Waals surface area contributed by atoms with Crippen LogP contribution in [0.2, 0.25) is 0 Å². The van der Waals surface area contributed by atoms with Gasteiger partial charge in [-0.3, -0.25) is 4.98 Å². The van der Waals surface area contributed by atoms with Crippen LogP contribution in [0, 0.1) is 5.92 Å².